The monoisotopic (exact) mass is 447 g/mol. The molecule has 0 unspecified atom stereocenters. The summed E-state index contributed by atoms with van der Waals surface area (Å²) in [6, 6.07) is 4.91. The summed E-state index contributed by atoms with van der Waals surface area (Å²) in [4.78, 5) is 27.0. The number of carbonyl (C=O) groups is 1. The quantitative estimate of drug-likeness (QED) is 0.568. The molecule has 1 atom stereocenters. The lowest BCUT2D eigenvalue weighted by Gasteiger charge is -2.32. The van der Waals surface area contributed by atoms with Crippen LogP contribution in [-0.4, -0.2) is 50.6 Å². The Labute approximate surface area is 183 Å². The van der Waals surface area contributed by atoms with Gasteiger partial charge in [-0.2, -0.15) is 4.98 Å². The molecule has 0 radical (unpaired) electrons. The fourth-order valence-corrected chi connectivity index (χ4v) is 3.85. The van der Waals surface area contributed by atoms with Crippen molar-refractivity contribution >= 4 is 29.1 Å². The lowest BCUT2D eigenvalue weighted by molar-refractivity contribution is -0.135. The summed E-state index contributed by atoms with van der Waals surface area (Å²) >= 11 is 12.0. The third kappa shape index (κ3) is 5.06. The van der Waals surface area contributed by atoms with Gasteiger partial charge in [0.1, 0.15) is 11.4 Å². The minimum absolute atomic E-state index is 0.0779. The van der Waals surface area contributed by atoms with E-state index in [0.29, 0.717) is 52.7 Å². The van der Waals surface area contributed by atoms with Crippen molar-refractivity contribution < 1.29 is 14.1 Å². The van der Waals surface area contributed by atoms with Crippen LogP contribution < -0.4 is 4.74 Å². The van der Waals surface area contributed by atoms with E-state index < -0.39 is 0 Å². The van der Waals surface area contributed by atoms with Gasteiger partial charge in [0.25, 0.3) is 5.91 Å². The van der Waals surface area contributed by atoms with Gasteiger partial charge in [-0.25, -0.2) is 4.98 Å². The summed E-state index contributed by atoms with van der Waals surface area (Å²) in [5, 5.41) is 4.86. The van der Waals surface area contributed by atoms with Crippen molar-refractivity contribution in [2.45, 2.75) is 19.3 Å². The Hall–Kier alpha value is -2.71. The largest absolute Gasteiger partial charge is 0.482 e. The fourth-order valence-electron chi connectivity index (χ4n) is 3.38. The fraction of sp³-hybridized carbons (Fsp3) is 0.350. The number of halogens is 2. The predicted molar refractivity (Wildman–Crippen MR) is 110 cm³/mol. The molecule has 1 aromatic carbocycles. The van der Waals surface area contributed by atoms with E-state index in [0.717, 1.165) is 12.8 Å². The highest BCUT2D eigenvalue weighted by atomic mass is 35.5. The molecule has 0 N–H and O–H groups in total. The number of carbonyl (C=O) groups excluding carboxylic acids is 1. The maximum atomic E-state index is 12.6. The number of benzene rings is 1. The molecule has 1 aliphatic heterocycles. The third-order valence-electron chi connectivity index (χ3n) is 4.84. The lowest BCUT2D eigenvalue weighted by Crippen LogP contribution is -2.42. The van der Waals surface area contributed by atoms with Crippen molar-refractivity contribution in [3.63, 3.8) is 0 Å². The second kappa shape index (κ2) is 9.40. The van der Waals surface area contributed by atoms with Crippen LogP contribution >= 0.6 is 23.2 Å². The molecule has 8 nitrogen and oxygen atoms in total. The van der Waals surface area contributed by atoms with Crippen molar-refractivity contribution in [3.05, 3.63) is 52.7 Å². The highest BCUT2D eigenvalue weighted by Crippen LogP contribution is 2.28. The minimum Gasteiger partial charge on any atom is -0.482 e. The maximum Gasteiger partial charge on any atom is 0.260 e. The zero-order chi connectivity index (χ0) is 20.9. The van der Waals surface area contributed by atoms with E-state index >= 15 is 0 Å². The zero-order valence-electron chi connectivity index (χ0n) is 16.0. The van der Waals surface area contributed by atoms with Crippen LogP contribution in [0.15, 0.2) is 41.3 Å². The first-order valence-electron chi connectivity index (χ1n) is 9.53. The maximum absolute atomic E-state index is 12.6. The number of ether oxygens (including phenoxy) is 1. The van der Waals surface area contributed by atoms with Gasteiger partial charge in [0.2, 0.25) is 11.7 Å². The van der Waals surface area contributed by atoms with Crippen LogP contribution in [0.2, 0.25) is 10.0 Å². The molecule has 3 heterocycles. The average Bonchev–Trinajstić information content (AvgIpc) is 3.22. The Morgan fingerprint density at radius 1 is 1.30 bits per heavy atom. The van der Waals surface area contributed by atoms with E-state index in [-0.39, 0.29) is 18.4 Å². The number of nitrogens with zero attached hydrogens (tertiary/aromatic N) is 5. The van der Waals surface area contributed by atoms with Gasteiger partial charge in [-0.15, -0.1) is 0 Å². The summed E-state index contributed by atoms with van der Waals surface area (Å²) in [6.45, 7) is 1.23. The number of rotatable bonds is 6. The van der Waals surface area contributed by atoms with Crippen molar-refractivity contribution in [3.8, 4) is 17.3 Å². The molecule has 1 aliphatic rings. The van der Waals surface area contributed by atoms with Gasteiger partial charge < -0.3 is 14.2 Å². The van der Waals surface area contributed by atoms with Gasteiger partial charge in [-0.05, 0) is 37.0 Å². The molecule has 156 valence electrons. The van der Waals surface area contributed by atoms with E-state index in [4.69, 9.17) is 32.5 Å². The van der Waals surface area contributed by atoms with Crippen LogP contribution in [0, 0.1) is 5.92 Å². The van der Waals surface area contributed by atoms with Crippen molar-refractivity contribution in [1.29, 1.82) is 0 Å². The SMILES string of the molecule is O=C(COc1ccc(Cl)cc1Cl)N1CCC[C@@H](Cc2nc(-c3cnccn3)no2)C1. The molecule has 30 heavy (non-hydrogen) atoms. The van der Waals surface area contributed by atoms with Gasteiger partial charge in [0.15, 0.2) is 6.61 Å². The molecule has 1 amide bonds. The topological polar surface area (TPSA) is 94.2 Å². The number of piperidine rings is 1. The van der Waals surface area contributed by atoms with E-state index in [1.165, 1.54) is 0 Å². The van der Waals surface area contributed by atoms with Gasteiger partial charge in [0.05, 0.1) is 11.2 Å². The molecule has 1 fully saturated rings. The van der Waals surface area contributed by atoms with Crippen LogP contribution in [0.3, 0.4) is 0 Å². The van der Waals surface area contributed by atoms with E-state index in [1.54, 1.807) is 41.7 Å². The van der Waals surface area contributed by atoms with Gasteiger partial charge >= 0.3 is 0 Å². The van der Waals surface area contributed by atoms with Crippen LogP contribution in [0.4, 0.5) is 0 Å². The van der Waals surface area contributed by atoms with Crippen LogP contribution in [0.25, 0.3) is 11.5 Å². The average molecular weight is 448 g/mol. The van der Waals surface area contributed by atoms with Crippen molar-refractivity contribution in [1.82, 2.24) is 25.0 Å². The first kappa shape index (κ1) is 20.6. The molecule has 0 saturated carbocycles. The number of hydrogen-bond donors (Lipinski definition) is 0. The third-order valence-corrected chi connectivity index (χ3v) is 5.37. The molecule has 2 aromatic heterocycles. The highest BCUT2D eigenvalue weighted by Gasteiger charge is 2.26. The summed E-state index contributed by atoms with van der Waals surface area (Å²) in [5.41, 5.74) is 0.561. The van der Waals surface area contributed by atoms with Gasteiger partial charge in [-0.1, -0.05) is 28.4 Å². The standard InChI is InChI=1S/C20H19Cl2N5O3/c21-14-3-4-17(15(22)9-14)29-12-19(28)27-7-1-2-13(11-27)8-18-25-20(26-30-18)16-10-23-5-6-24-16/h3-6,9-10,13H,1-2,7-8,11-12H2/t13-/m0/s1. The minimum atomic E-state index is -0.0866. The van der Waals surface area contributed by atoms with E-state index in [2.05, 4.69) is 20.1 Å². The summed E-state index contributed by atoms with van der Waals surface area (Å²) in [6.07, 6.45) is 7.24. The molecule has 0 bridgehead atoms. The molecule has 0 spiro atoms. The Kier molecular flexibility index (Phi) is 6.44. The van der Waals surface area contributed by atoms with Crippen LogP contribution in [0.1, 0.15) is 18.7 Å². The van der Waals surface area contributed by atoms with Gasteiger partial charge in [0, 0.05) is 36.9 Å². The zero-order valence-corrected chi connectivity index (χ0v) is 17.5. The normalized spacial score (nSPS) is 16.5. The predicted octanol–water partition coefficient (Wildman–Crippen LogP) is 3.69. The van der Waals surface area contributed by atoms with Gasteiger partial charge in [-0.3, -0.25) is 9.78 Å². The molecule has 1 saturated heterocycles. The Morgan fingerprint density at radius 3 is 3.00 bits per heavy atom. The van der Waals surface area contributed by atoms with Crippen LogP contribution in [0.5, 0.6) is 5.75 Å². The second-order valence-corrected chi connectivity index (χ2v) is 7.86. The number of likely N-dealkylation sites (tertiary alicyclic amines) is 1. The summed E-state index contributed by atoms with van der Waals surface area (Å²) in [5.74, 6) is 1.52. The molecular weight excluding hydrogens is 429 g/mol. The Balaban J connectivity index is 1.32. The molecular formula is C20H19Cl2N5O3. The summed E-state index contributed by atoms with van der Waals surface area (Å²) in [7, 11) is 0. The molecule has 0 aliphatic carbocycles. The molecule has 4 rings (SSSR count). The number of aromatic nitrogens is 4. The first-order valence-corrected chi connectivity index (χ1v) is 10.3. The van der Waals surface area contributed by atoms with E-state index in [1.807, 2.05) is 0 Å². The smallest absolute Gasteiger partial charge is 0.260 e. The summed E-state index contributed by atoms with van der Waals surface area (Å²) < 4.78 is 10.9. The van der Waals surface area contributed by atoms with Crippen LogP contribution in [-0.2, 0) is 11.2 Å². The number of amides is 1. The molecule has 3 aromatic rings. The highest BCUT2D eigenvalue weighted by molar-refractivity contribution is 6.35. The first-order chi connectivity index (χ1) is 14.6. The Bertz CT molecular complexity index is 1010. The van der Waals surface area contributed by atoms with Crippen molar-refractivity contribution in [2.75, 3.05) is 19.7 Å². The van der Waals surface area contributed by atoms with Crippen molar-refractivity contribution in [2.24, 2.45) is 5.92 Å². The van der Waals surface area contributed by atoms with E-state index in [9.17, 15) is 4.79 Å². The Morgan fingerprint density at radius 2 is 2.20 bits per heavy atom. The second-order valence-electron chi connectivity index (χ2n) is 7.02. The molecule has 10 heteroatoms. The lowest BCUT2D eigenvalue weighted by atomic mass is 9.95. The number of hydrogen-bond acceptors (Lipinski definition) is 7.